The van der Waals surface area contributed by atoms with Crippen molar-refractivity contribution < 1.29 is 9.53 Å². The van der Waals surface area contributed by atoms with Crippen molar-refractivity contribution >= 4 is 5.78 Å². The van der Waals surface area contributed by atoms with Crippen molar-refractivity contribution in [3.8, 4) is 5.88 Å². The molecule has 0 unspecified atom stereocenters. The fraction of sp³-hybridized carbons (Fsp3) is 0.545. The summed E-state index contributed by atoms with van der Waals surface area (Å²) >= 11 is 0. The first-order valence-electron chi connectivity index (χ1n) is 5.17. The lowest BCUT2D eigenvalue weighted by Gasteiger charge is -2.17. The van der Waals surface area contributed by atoms with Gasteiger partial charge in [0.05, 0.1) is 18.4 Å². The molecule has 4 heteroatoms. The summed E-state index contributed by atoms with van der Waals surface area (Å²) in [5.74, 6) is 0.378. The van der Waals surface area contributed by atoms with E-state index in [1.165, 1.54) is 7.11 Å². The molecule has 0 bridgehead atoms. The molecular weight excluding hydrogens is 192 g/mol. The van der Waals surface area contributed by atoms with Crippen LogP contribution in [0.5, 0.6) is 5.88 Å². The van der Waals surface area contributed by atoms with E-state index in [-0.39, 0.29) is 5.78 Å². The molecule has 1 heterocycles. The third-order valence-electron chi connectivity index (χ3n) is 2.76. The number of carbonyl (C=O) groups excluding carboxylic acids is 1. The van der Waals surface area contributed by atoms with Crippen LogP contribution in [0.15, 0.2) is 0 Å². The summed E-state index contributed by atoms with van der Waals surface area (Å²) in [5.41, 5.74) is 2.63. The van der Waals surface area contributed by atoms with Gasteiger partial charge in [-0.2, -0.15) is 5.10 Å². The molecule has 0 radical (unpaired) electrons. The zero-order valence-corrected chi connectivity index (χ0v) is 9.04. The molecule has 1 aliphatic carbocycles. The number of nitrogens with zero attached hydrogens (tertiary/aromatic N) is 2. The van der Waals surface area contributed by atoms with Gasteiger partial charge in [0.15, 0.2) is 5.78 Å². The highest BCUT2D eigenvalue weighted by Gasteiger charge is 2.22. The van der Waals surface area contributed by atoms with Crippen LogP contribution in [-0.4, -0.2) is 23.1 Å². The summed E-state index contributed by atoms with van der Waals surface area (Å²) in [6, 6.07) is 0. The second-order valence-electron chi connectivity index (χ2n) is 3.77. The van der Waals surface area contributed by atoms with Gasteiger partial charge in [0, 0.05) is 0 Å². The second-order valence-corrected chi connectivity index (χ2v) is 3.77. The topological polar surface area (TPSA) is 52.1 Å². The van der Waals surface area contributed by atoms with Crippen LogP contribution in [0.2, 0.25) is 0 Å². The van der Waals surface area contributed by atoms with Crippen molar-refractivity contribution in [2.75, 3.05) is 7.11 Å². The number of rotatable bonds is 2. The van der Waals surface area contributed by atoms with Crippen LogP contribution in [0, 0.1) is 0 Å². The van der Waals surface area contributed by atoms with Crippen LogP contribution in [0.25, 0.3) is 0 Å². The summed E-state index contributed by atoms with van der Waals surface area (Å²) in [7, 11) is 1.52. The molecule has 1 aromatic heterocycles. The normalized spacial score (nSPS) is 14.5. The van der Waals surface area contributed by atoms with Crippen LogP contribution in [0.4, 0.5) is 0 Å². The van der Waals surface area contributed by atoms with Gasteiger partial charge in [-0.25, -0.2) is 0 Å². The van der Waals surface area contributed by atoms with Crippen molar-refractivity contribution in [3.05, 3.63) is 16.8 Å². The summed E-state index contributed by atoms with van der Waals surface area (Å²) < 4.78 is 5.08. The molecule has 0 amide bonds. The number of aromatic nitrogens is 2. The van der Waals surface area contributed by atoms with E-state index in [0.717, 1.165) is 36.9 Å². The van der Waals surface area contributed by atoms with E-state index >= 15 is 0 Å². The lowest BCUT2D eigenvalue weighted by atomic mass is 9.92. The van der Waals surface area contributed by atoms with Gasteiger partial charge in [0.25, 0.3) is 0 Å². The zero-order valence-electron chi connectivity index (χ0n) is 9.04. The van der Waals surface area contributed by atoms with Crippen LogP contribution < -0.4 is 4.74 Å². The van der Waals surface area contributed by atoms with E-state index < -0.39 is 0 Å². The molecule has 0 saturated heterocycles. The molecule has 1 aliphatic rings. The third-order valence-corrected chi connectivity index (χ3v) is 2.76. The molecule has 1 aromatic rings. The van der Waals surface area contributed by atoms with E-state index in [4.69, 9.17) is 4.74 Å². The Labute approximate surface area is 88.7 Å². The second kappa shape index (κ2) is 3.96. The Balaban J connectivity index is 2.59. The van der Waals surface area contributed by atoms with Crippen LogP contribution in [0.3, 0.4) is 0 Å². The number of ketones is 1. The number of Topliss-reactive ketones (excluding diaryl/α,β-unsaturated/α-hetero) is 1. The Bertz CT molecular complexity index is 402. The van der Waals surface area contributed by atoms with Gasteiger partial charge >= 0.3 is 0 Å². The Morgan fingerprint density at radius 3 is 2.67 bits per heavy atom. The summed E-state index contributed by atoms with van der Waals surface area (Å²) in [4.78, 5) is 11.5. The smallest absolute Gasteiger partial charge is 0.244 e. The maximum absolute atomic E-state index is 11.5. The van der Waals surface area contributed by atoms with Crippen LogP contribution in [0.1, 0.15) is 41.4 Å². The fourth-order valence-corrected chi connectivity index (χ4v) is 2.06. The molecule has 0 aliphatic heterocycles. The van der Waals surface area contributed by atoms with Gasteiger partial charge in [0.1, 0.15) is 0 Å². The molecule has 0 spiro atoms. The highest BCUT2D eigenvalue weighted by atomic mass is 16.5. The number of aryl methyl sites for hydroxylation is 1. The molecular formula is C11H14N2O2. The number of ether oxygens (including phenoxy) is 1. The summed E-state index contributed by atoms with van der Waals surface area (Å²) in [5, 5.41) is 8.04. The molecule has 80 valence electrons. The van der Waals surface area contributed by atoms with Gasteiger partial charge in [-0.1, -0.05) is 0 Å². The Morgan fingerprint density at radius 1 is 1.27 bits per heavy atom. The largest absolute Gasteiger partial charge is 0.479 e. The van der Waals surface area contributed by atoms with E-state index in [1.807, 2.05) is 0 Å². The molecule has 4 nitrogen and oxygen atoms in total. The average molecular weight is 206 g/mol. The van der Waals surface area contributed by atoms with E-state index in [9.17, 15) is 4.79 Å². The molecule has 0 saturated carbocycles. The third kappa shape index (κ3) is 1.71. The SMILES string of the molecule is COc1nnc2c(c1C(C)=O)CCCC2. The molecule has 2 rings (SSSR count). The first kappa shape index (κ1) is 10.1. The minimum Gasteiger partial charge on any atom is -0.479 e. The van der Waals surface area contributed by atoms with Gasteiger partial charge < -0.3 is 4.74 Å². The van der Waals surface area contributed by atoms with Crippen molar-refractivity contribution in [2.45, 2.75) is 32.6 Å². The van der Waals surface area contributed by atoms with Crippen molar-refractivity contribution in [1.82, 2.24) is 10.2 Å². The standard InChI is InChI=1S/C11H14N2O2/c1-7(14)10-8-5-3-4-6-9(8)12-13-11(10)15-2/h3-6H2,1-2H3. The summed E-state index contributed by atoms with van der Waals surface area (Å²) in [6.45, 7) is 1.55. The van der Waals surface area contributed by atoms with Crippen molar-refractivity contribution in [3.63, 3.8) is 0 Å². The summed E-state index contributed by atoms with van der Waals surface area (Å²) in [6.07, 6.45) is 4.08. The van der Waals surface area contributed by atoms with Crippen LogP contribution >= 0.6 is 0 Å². The molecule has 0 aromatic carbocycles. The fourth-order valence-electron chi connectivity index (χ4n) is 2.06. The predicted molar refractivity (Wildman–Crippen MR) is 55.2 cm³/mol. The van der Waals surface area contributed by atoms with Crippen LogP contribution in [-0.2, 0) is 12.8 Å². The minimum absolute atomic E-state index is 0.0138. The number of methoxy groups -OCH3 is 1. The molecule has 0 fully saturated rings. The number of hydrogen-bond acceptors (Lipinski definition) is 4. The molecule has 0 N–H and O–H groups in total. The van der Waals surface area contributed by atoms with Gasteiger partial charge in [-0.3, -0.25) is 4.79 Å². The number of carbonyl (C=O) groups is 1. The highest BCUT2D eigenvalue weighted by molar-refractivity contribution is 5.98. The maximum Gasteiger partial charge on any atom is 0.244 e. The lowest BCUT2D eigenvalue weighted by Crippen LogP contribution is -2.14. The minimum atomic E-state index is 0.0138. The van der Waals surface area contributed by atoms with Gasteiger partial charge in [-0.05, 0) is 38.2 Å². The van der Waals surface area contributed by atoms with Crippen molar-refractivity contribution in [2.24, 2.45) is 0 Å². The molecule has 15 heavy (non-hydrogen) atoms. The van der Waals surface area contributed by atoms with E-state index in [2.05, 4.69) is 10.2 Å². The zero-order chi connectivity index (χ0) is 10.8. The average Bonchev–Trinajstić information content (AvgIpc) is 2.27. The lowest BCUT2D eigenvalue weighted by molar-refractivity contribution is 0.101. The van der Waals surface area contributed by atoms with Crippen molar-refractivity contribution in [1.29, 1.82) is 0 Å². The Morgan fingerprint density at radius 2 is 2.00 bits per heavy atom. The quantitative estimate of drug-likeness (QED) is 0.689. The first-order chi connectivity index (χ1) is 7.24. The molecule has 0 atom stereocenters. The van der Waals surface area contributed by atoms with Gasteiger partial charge in [0.2, 0.25) is 5.88 Å². The van der Waals surface area contributed by atoms with E-state index in [1.54, 1.807) is 6.92 Å². The first-order valence-corrected chi connectivity index (χ1v) is 5.17. The van der Waals surface area contributed by atoms with E-state index in [0.29, 0.717) is 11.4 Å². The predicted octanol–water partition coefficient (Wildman–Crippen LogP) is 1.57. The Hall–Kier alpha value is -1.45. The van der Waals surface area contributed by atoms with Gasteiger partial charge in [-0.15, -0.1) is 5.10 Å². The monoisotopic (exact) mass is 206 g/mol. The Kier molecular flexibility index (Phi) is 2.66. The maximum atomic E-state index is 11.5. The number of fused-ring (bicyclic) bond motifs is 1. The highest BCUT2D eigenvalue weighted by Crippen LogP contribution is 2.27. The number of hydrogen-bond donors (Lipinski definition) is 0.